The lowest BCUT2D eigenvalue weighted by molar-refractivity contribution is 0.0951. The second kappa shape index (κ2) is 6.73. The predicted octanol–water partition coefficient (Wildman–Crippen LogP) is 3.01. The van der Waals surface area contributed by atoms with E-state index in [1.807, 2.05) is 55.4 Å². The Morgan fingerprint density at radius 1 is 1.22 bits per heavy atom. The number of nitrogens with zero attached hydrogens (tertiary/aromatic N) is 1. The minimum atomic E-state index is -0.0531. The highest BCUT2D eigenvalue weighted by atomic mass is 16.5. The van der Waals surface area contributed by atoms with E-state index in [1.54, 1.807) is 0 Å². The van der Waals surface area contributed by atoms with Crippen molar-refractivity contribution in [1.29, 1.82) is 0 Å². The SMILES string of the molecule is CN(C)c1cccc(C(=O)NCc2ccc3c(c2)CCCO3)c1. The van der Waals surface area contributed by atoms with Crippen molar-refractivity contribution >= 4 is 11.6 Å². The highest BCUT2D eigenvalue weighted by molar-refractivity contribution is 5.95. The minimum Gasteiger partial charge on any atom is -0.493 e. The summed E-state index contributed by atoms with van der Waals surface area (Å²) in [5.41, 5.74) is 4.03. The molecule has 4 nitrogen and oxygen atoms in total. The maximum atomic E-state index is 12.3. The fraction of sp³-hybridized carbons (Fsp3) is 0.316. The van der Waals surface area contributed by atoms with Crippen LogP contribution in [0.25, 0.3) is 0 Å². The Morgan fingerprint density at radius 2 is 2.09 bits per heavy atom. The van der Waals surface area contributed by atoms with Crippen LogP contribution in [0.3, 0.4) is 0 Å². The number of hydrogen-bond acceptors (Lipinski definition) is 3. The number of fused-ring (bicyclic) bond motifs is 1. The lowest BCUT2D eigenvalue weighted by atomic mass is 10.0. The molecule has 0 aromatic heterocycles. The van der Waals surface area contributed by atoms with E-state index in [0.29, 0.717) is 12.1 Å². The smallest absolute Gasteiger partial charge is 0.251 e. The normalized spacial score (nSPS) is 13.0. The Kier molecular flexibility index (Phi) is 4.51. The molecule has 1 aliphatic heterocycles. The highest BCUT2D eigenvalue weighted by Crippen LogP contribution is 2.25. The molecule has 1 aliphatic rings. The lowest BCUT2D eigenvalue weighted by Gasteiger charge is -2.18. The van der Waals surface area contributed by atoms with Gasteiger partial charge in [0.15, 0.2) is 0 Å². The summed E-state index contributed by atoms with van der Waals surface area (Å²) in [5.74, 6) is 0.924. The summed E-state index contributed by atoms with van der Waals surface area (Å²) in [6.45, 7) is 1.32. The van der Waals surface area contributed by atoms with Crippen LogP contribution in [0.4, 0.5) is 5.69 Å². The summed E-state index contributed by atoms with van der Waals surface area (Å²) in [5, 5.41) is 2.99. The summed E-state index contributed by atoms with van der Waals surface area (Å²) in [7, 11) is 3.93. The van der Waals surface area contributed by atoms with Gasteiger partial charge in [-0.1, -0.05) is 18.2 Å². The zero-order valence-electron chi connectivity index (χ0n) is 13.6. The van der Waals surface area contributed by atoms with Crippen LogP contribution in [0.2, 0.25) is 0 Å². The molecule has 0 aliphatic carbocycles. The molecule has 0 spiro atoms. The molecule has 23 heavy (non-hydrogen) atoms. The molecule has 0 saturated heterocycles. The Balaban J connectivity index is 1.66. The van der Waals surface area contributed by atoms with Gasteiger partial charge in [-0.05, 0) is 48.2 Å². The van der Waals surface area contributed by atoms with Crippen LogP contribution in [-0.2, 0) is 13.0 Å². The molecule has 1 amide bonds. The maximum absolute atomic E-state index is 12.3. The van der Waals surface area contributed by atoms with E-state index in [1.165, 1.54) is 5.56 Å². The molecular weight excluding hydrogens is 288 g/mol. The third-order valence-electron chi connectivity index (χ3n) is 4.05. The van der Waals surface area contributed by atoms with Gasteiger partial charge in [0, 0.05) is 31.9 Å². The van der Waals surface area contributed by atoms with Crippen molar-refractivity contribution in [3.05, 3.63) is 59.2 Å². The molecule has 0 radical (unpaired) electrons. The van der Waals surface area contributed by atoms with Crippen molar-refractivity contribution in [3.63, 3.8) is 0 Å². The molecule has 0 saturated carbocycles. The number of hydrogen-bond donors (Lipinski definition) is 1. The van der Waals surface area contributed by atoms with Gasteiger partial charge in [0.05, 0.1) is 6.61 Å². The molecule has 0 bridgehead atoms. The van der Waals surface area contributed by atoms with Gasteiger partial charge in [-0.15, -0.1) is 0 Å². The Morgan fingerprint density at radius 3 is 2.91 bits per heavy atom. The third-order valence-corrected chi connectivity index (χ3v) is 4.05. The number of rotatable bonds is 4. The van der Waals surface area contributed by atoms with Crippen LogP contribution in [0.5, 0.6) is 5.75 Å². The van der Waals surface area contributed by atoms with Crippen LogP contribution in [0, 0.1) is 0 Å². The molecular formula is C19H22N2O2. The molecule has 4 heteroatoms. The van der Waals surface area contributed by atoms with Gasteiger partial charge < -0.3 is 15.0 Å². The fourth-order valence-electron chi connectivity index (χ4n) is 2.73. The number of carbonyl (C=O) groups excluding carboxylic acids is 1. The predicted molar refractivity (Wildman–Crippen MR) is 92.2 cm³/mol. The average Bonchev–Trinajstić information content (AvgIpc) is 2.59. The van der Waals surface area contributed by atoms with Gasteiger partial charge in [0.25, 0.3) is 5.91 Å². The lowest BCUT2D eigenvalue weighted by Crippen LogP contribution is -2.23. The molecule has 1 heterocycles. The third kappa shape index (κ3) is 3.65. The first-order valence-corrected chi connectivity index (χ1v) is 7.94. The number of anilines is 1. The van der Waals surface area contributed by atoms with Crippen molar-refractivity contribution in [2.75, 3.05) is 25.6 Å². The number of aryl methyl sites for hydroxylation is 1. The van der Waals surface area contributed by atoms with Gasteiger partial charge in [-0.25, -0.2) is 0 Å². The van der Waals surface area contributed by atoms with Gasteiger partial charge in [0.2, 0.25) is 0 Å². The van der Waals surface area contributed by atoms with Crippen molar-refractivity contribution in [2.45, 2.75) is 19.4 Å². The molecule has 0 atom stereocenters. The highest BCUT2D eigenvalue weighted by Gasteiger charge is 2.11. The topological polar surface area (TPSA) is 41.6 Å². The summed E-state index contributed by atoms with van der Waals surface area (Å²) >= 11 is 0. The number of benzene rings is 2. The second-order valence-electron chi connectivity index (χ2n) is 6.02. The van der Waals surface area contributed by atoms with Gasteiger partial charge in [0.1, 0.15) is 5.75 Å². The first-order valence-electron chi connectivity index (χ1n) is 7.94. The first-order chi connectivity index (χ1) is 11.1. The molecule has 120 valence electrons. The van der Waals surface area contributed by atoms with E-state index in [2.05, 4.69) is 11.4 Å². The summed E-state index contributed by atoms with van der Waals surface area (Å²) in [6.07, 6.45) is 2.10. The standard InChI is InChI=1S/C19H22N2O2/c1-21(2)17-7-3-5-16(12-17)19(22)20-13-14-8-9-18-15(11-14)6-4-10-23-18/h3,5,7-9,11-12H,4,6,10,13H2,1-2H3,(H,20,22). The number of ether oxygens (including phenoxy) is 1. The summed E-state index contributed by atoms with van der Waals surface area (Å²) < 4.78 is 5.62. The summed E-state index contributed by atoms with van der Waals surface area (Å²) in [6, 6.07) is 13.8. The zero-order valence-corrected chi connectivity index (χ0v) is 13.6. The maximum Gasteiger partial charge on any atom is 0.251 e. The molecule has 2 aromatic carbocycles. The minimum absolute atomic E-state index is 0.0531. The molecule has 0 unspecified atom stereocenters. The average molecular weight is 310 g/mol. The number of nitrogens with one attached hydrogen (secondary N) is 1. The van der Waals surface area contributed by atoms with Crippen molar-refractivity contribution < 1.29 is 9.53 Å². The van der Waals surface area contributed by atoms with E-state index in [0.717, 1.165) is 36.4 Å². The van der Waals surface area contributed by atoms with Crippen LogP contribution < -0.4 is 15.0 Å². The van der Waals surface area contributed by atoms with E-state index in [-0.39, 0.29) is 5.91 Å². The van der Waals surface area contributed by atoms with Crippen LogP contribution in [-0.4, -0.2) is 26.6 Å². The monoisotopic (exact) mass is 310 g/mol. The Hall–Kier alpha value is -2.49. The van der Waals surface area contributed by atoms with Gasteiger partial charge >= 0.3 is 0 Å². The van der Waals surface area contributed by atoms with E-state index < -0.39 is 0 Å². The van der Waals surface area contributed by atoms with Crippen molar-refractivity contribution in [2.24, 2.45) is 0 Å². The molecule has 2 aromatic rings. The quantitative estimate of drug-likeness (QED) is 0.944. The van der Waals surface area contributed by atoms with Gasteiger partial charge in [-0.2, -0.15) is 0 Å². The van der Waals surface area contributed by atoms with Gasteiger partial charge in [-0.3, -0.25) is 4.79 Å². The number of amides is 1. The van der Waals surface area contributed by atoms with E-state index in [4.69, 9.17) is 4.74 Å². The summed E-state index contributed by atoms with van der Waals surface area (Å²) in [4.78, 5) is 14.3. The van der Waals surface area contributed by atoms with E-state index in [9.17, 15) is 4.79 Å². The molecule has 0 fully saturated rings. The second-order valence-corrected chi connectivity index (χ2v) is 6.02. The fourth-order valence-corrected chi connectivity index (χ4v) is 2.73. The van der Waals surface area contributed by atoms with Crippen LogP contribution in [0.1, 0.15) is 27.9 Å². The zero-order chi connectivity index (χ0) is 16.2. The molecule has 1 N–H and O–H groups in total. The Bertz CT molecular complexity index is 710. The Labute approximate surface area is 137 Å². The van der Waals surface area contributed by atoms with E-state index >= 15 is 0 Å². The number of carbonyl (C=O) groups is 1. The molecule has 3 rings (SSSR count). The van der Waals surface area contributed by atoms with Crippen LogP contribution in [0.15, 0.2) is 42.5 Å². The van der Waals surface area contributed by atoms with Crippen molar-refractivity contribution in [1.82, 2.24) is 5.32 Å². The van der Waals surface area contributed by atoms with Crippen LogP contribution >= 0.6 is 0 Å². The first kappa shape index (κ1) is 15.4. The largest absolute Gasteiger partial charge is 0.493 e. The van der Waals surface area contributed by atoms with Crippen molar-refractivity contribution in [3.8, 4) is 5.75 Å².